The van der Waals surface area contributed by atoms with Crippen molar-refractivity contribution in [3.63, 3.8) is 0 Å². The number of hydrogen-bond donors (Lipinski definition) is 2. The smallest absolute Gasteiger partial charge is 0.410 e. The minimum atomic E-state index is -1.10. The molecular weight excluding hydrogens is 492 g/mol. The van der Waals surface area contributed by atoms with Crippen LogP contribution in [-0.2, 0) is 22.5 Å². The third kappa shape index (κ3) is 9.76. The van der Waals surface area contributed by atoms with Gasteiger partial charge in [-0.2, -0.15) is 0 Å². The number of carbonyl (C=O) groups is 2. The largest absolute Gasteiger partial charge is 0.445 e. The lowest BCUT2D eigenvalue weighted by molar-refractivity contribution is 0.0261. The highest BCUT2D eigenvalue weighted by molar-refractivity contribution is 5.69. The highest BCUT2D eigenvalue weighted by Gasteiger charge is 2.32. The molecule has 0 saturated heterocycles. The maximum Gasteiger partial charge on any atom is 0.410 e. The van der Waals surface area contributed by atoms with Crippen molar-refractivity contribution in [1.29, 1.82) is 0 Å². The van der Waals surface area contributed by atoms with Crippen LogP contribution in [0.3, 0.4) is 0 Å². The van der Waals surface area contributed by atoms with Gasteiger partial charge in [0.25, 0.3) is 0 Å². The van der Waals surface area contributed by atoms with Crippen LogP contribution in [0.15, 0.2) is 91.0 Å². The van der Waals surface area contributed by atoms with E-state index in [0.29, 0.717) is 12.8 Å². The molecule has 2 amide bonds. The fourth-order valence-corrected chi connectivity index (χ4v) is 4.38. The quantitative estimate of drug-likeness (QED) is 0.304. The molecular formula is C32H40N2O5. The maximum atomic E-state index is 13.5. The van der Waals surface area contributed by atoms with E-state index in [2.05, 4.69) is 5.32 Å². The van der Waals surface area contributed by atoms with Crippen LogP contribution in [0.2, 0.25) is 0 Å². The Hall–Kier alpha value is -3.84. The summed E-state index contributed by atoms with van der Waals surface area (Å²) in [6, 6.07) is 27.7. The van der Waals surface area contributed by atoms with E-state index in [9.17, 15) is 14.7 Å². The summed E-state index contributed by atoms with van der Waals surface area (Å²) in [6.07, 6.45) is -1.30. The van der Waals surface area contributed by atoms with Gasteiger partial charge in [-0.1, -0.05) is 97.9 Å². The molecule has 0 spiro atoms. The molecule has 7 nitrogen and oxygen atoms in total. The van der Waals surface area contributed by atoms with Crippen molar-refractivity contribution in [3.8, 4) is 0 Å². The molecule has 3 atom stereocenters. The van der Waals surface area contributed by atoms with E-state index in [-0.39, 0.29) is 19.2 Å². The zero-order valence-electron chi connectivity index (χ0n) is 23.2. The Morgan fingerprint density at radius 3 is 1.95 bits per heavy atom. The van der Waals surface area contributed by atoms with E-state index in [1.165, 1.54) is 0 Å². The van der Waals surface area contributed by atoms with Crippen LogP contribution in [0.4, 0.5) is 9.59 Å². The van der Waals surface area contributed by atoms with E-state index in [1.54, 1.807) is 25.7 Å². The van der Waals surface area contributed by atoms with Crippen molar-refractivity contribution in [2.24, 2.45) is 0 Å². The number of benzene rings is 3. The monoisotopic (exact) mass is 532 g/mol. The zero-order valence-corrected chi connectivity index (χ0v) is 23.2. The molecule has 3 aromatic rings. The van der Waals surface area contributed by atoms with Crippen LogP contribution in [0.25, 0.3) is 0 Å². The van der Waals surface area contributed by atoms with Gasteiger partial charge in [0.05, 0.1) is 24.7 Å². The average Bonchev–Trinajstić information content (AvgIpc) is 2.92. The van der Waals surface area contributed by atoms with Gasteiger partial charge >= 0.3 is 12.2 Å². The molecule has 0 aromatic heterocycles. The summed E-state index contributed by atoms with van der Waals surface area (Å²) in [7, 11) is 0. The third-order valence-corrected chi connectivity index (χ3v) is 6.24. The minimum absolute atomic E-state index is 0.0473. The molecule has 0 bridgehead atoms. The number of carbonyl (C=O) groups excluding carboxylic acids is 2. The summed E-state index contributed by atoms with van der Waals surface area (Å²) in [6.45, 7) is 7.40. The van der Waals surface area contributed by atoms with Crippen molar-refractivity contribution in [2.75, 3.05) is 6.54 Å². The van der Waals surface area contributed by atoms with Gasteiger partial charge in [0, 0.05) is 0 Å². The fourth-order valence-electron chi connectivity index (χ4n) is 4.38. The first-order valence-electron chi connectivity index (χ1n) is 13.4. The number of aliphatic hydroxyl groups excluding tert-OH is 1. The molecule has 2 N–H and O–H groups in total. The molecule has 0 radical (unpaired) electrons. The molecule has 0 aliphatic heterocycles. The third-order valence-electron chi connectivity index (χ3n) is 6.24. The van der Waals surface area contributed by atoms with Crippen molar-refractivity contribution < 1.29 is 24.2 Å². The number of nitrogens with zero attached hydrogens (tertiary/aromatic N) is 1. The maximum absolute atomic E-state index is 13.5. The Bertz CT molecular complexity index is 1150. The van der Waals surface area contributed by atoms with E-state index in [0.717, 1.165) is 16.7 Å². The molecule has 0 heterocycles. The molecule has 39 heavy (non-hydrogen) atoms. The second-order valence-corrected chi connectivity index (χ2v) is 10.5. The van der Waals surface area contributed by atoms with Gasteiger partial charge < -0.3 is 19.9 Å². The number of rotatable bonds is 11. The molecule has 3 rings (SSSR count). The summed E-state index contributed by atoms with van der Waals surface area (Å²) in [5.41, 5.74) is 2.04. The number of ether oxygens (including phenoxy) is 2. The molecule has 3 aromatic carbocycles. The number of amides is 2. The first-order chi connectivity index (χ1) is 18.7. The van der Waals surface area contributed by atoms with Crippen molar-refractivity contribution in [2.45, 2.75) is 70.9 Å². The van der Waals surface area contributed by atoms with Crippen LogP contribution >= 0.6 is 0 Å². The molecule has 0 unspecified atom stereocenters. The number of aliphatic hydroxyl groups is 1. The van der Waals surface area contributed by atoms with E-state index in [4.69, 9.17) is 9.47 Å². The molecule has 0 fully saturated rings. The predicted molar refractivity (Wildman–Crippen MR) is 152 cm³/mol. The lowest BCUT2D eigenvalue weighted by atomic mass is 9.98. The Morgan fingerprint density at radius 1 is 0.872 bits per heavy atom. The van der Waals surface area contributed by atoms with Gasteiger partial charge in [-0.25, -0.2) is 9.59 Å². The predicted octanol–water partition coefficient (Wildman–Crippen LogP) is 6.27. The van der Waals surface area contributed by atoms with Gasteiger partial charge in [0.1, 0.15) is 12.2 Å². The molecule has 0 aliphatic carbocycles. The van der Waals surface area contributed by atoms with Crippen LogP contribution in [-0.4, -0.2) is 46.5 Å². The molecule has 208 valence electrons. The Kier molecular flexibility index (Phi) is 10.9. The second-order valence-electron chi connectivity index (χ2n) is 10.5. The van der Waals surface area contributed by atoms with Gasteiger partial charge in [0.2, 0.25) is 0 Å². The van der Waals surface area contributed by atoms with Gasteiger partial charge in [0.15, 0.2) is 0 Å². The normalized spacial score (nSPS) is 13.6. The van der Waals surface area contributed by atoms with E-state index >= 15 is 0 Å². The van der Waals surface area contributed by atoms with Crippen LogP contribution in [0, 0.1) is 0 Å². The molecule has 0 saturated carbocycles. The highest BCUT2D eigenvalue weighted by atomic mass is 16.6. The first kappa shape index (κ1) is 29.7. The van der Waals surface area contributed by atoms with E-state index in [1.807, 2.05) is 97.9 Å². The Balaban J connectivity index is 1.85. The van der Waals surface area contributed by atoms with Crippen LogP contribution in [0.5, 0.6) is 0 Å². The standard InChI is InChI=1S/C32H40N2O5/c1-5-28(26-19-13-8-14-20-26)34(31(37)38-23-25-17-11-7-12-18-25)22-29(35)27(21-24-15-9-6-10-16-24)33-30(36)39-32(2,3)4/h6-20,27-29,35H,5,21-23H2,1-4H3,(H,33,36)/t27-,28+,29+/m0/s1. The average molecular weight is 533 g/mol. The first-order valence-corrected chi connectivity index (χ1v) is 13.4. The zero-order chi connectivity index (χ0) is 28.3. The highest BCUT2D eigenvalue weighted by Crippen LogP contribution is 2.26. The lowest BCUT2D eigenvalue weighted by Gasteiger charge is -2.35. The van der Waals surface area contributed by atoms with Crippen LogP contribution in [0.1, 0.15) is 56.8 Å². The van der Waals surface area contributed by atoms with Crippen molar-refractivity contribution >= 4 is 12.2 Å². The fraction of sp³-hybridized carbons (Fsp3) is 0.375. The lowest BCUT2D eigenvalue weighted by Crippen LogP contribution is -2.52. The van der Waals surface area contributed by atoms with Gasteiger partial charge in [-0.3, -0.25) is 4.90 Å². The van der Waals surface area contributed by atoms with Crippen LogP contribution < -0.4 is 5.32 Å². The minimum Gasteiger partial charge on any atom is -0.445 e. The molecule has 0 aliphatic rings. The van der Waals surface area contributed by atoms with Crippen molar-refractivity contribution in [3.05, 3.63) is 108 Å². The van der Waals surface area contributed by atoms with Gasteiger partial charge in [-0.15, -0.1) is 0 Å². The summed E-state index contributed by atoms with van der Waals surface area (Å²) < 4.78 is 11.2. The molecule has 7 heteroatoms. The van der Waals surface area contributed by atoms with E-state index < -0.39 is 29.9 Å². The second kappa shape index (κ2) is 14.4. The SMILES string of the molecule is CC[C@H](c1ccccc1)N(C[C@@H](O)[C@H](Cc1ccccc1)NC(=O)OC(C)(C)C)C(=O)OCc1ccccc1. The Labute approximate surface area is 231 Å². The summed E-state index contributed by atoms with van der Waals surface area (Å²) in [4.78, 5) is 27.8. The summed E-state index contributed by atoms with van der Waals surface area (Å²) in [5, 5.41) is 14.3. The summed E-state index contributed by atoms with van der Waals surface area (Å²) in [5.74, 6) is 0. The number of hydrogen-bond acceptors (Lipinski definition) is 5. The van der Waals surface area contributed by atoms with Gasteiger partial charge in [-0.05, 0) is 50.3 Å². The topological polar surface area (TPSA) is 88.1 Å². The Morgan fingerprint density at radius 2 is 1.41 bits per heavy atom. The summed E-state index contributed by atoms with van der Waals surface area (Å²) >= 11 is 0. The van der Waals surface area contributed by atoms with Crippen molar-refractivity contribution in [1.82, 2.24) is 10.2 Å². The number of nitrogens with one attached hydrogen (secondary N) is 1. The number of alkyl carbamates (subject to hydrolysis) is 1.